The lowest BCUT2D eigenvalue weighted by Gasteiger charge is -1.93. The first kappa shape index (κ1) is 16.3. The Kier molecular flexibility index (Phi) is 6.98. The van der Waals surface area contributed by atoms with E-state index in [4.69, 9.17) is 15.6 Å². The summed E-state index contributed by atoms with van der Waals surface area (Å²) in [7, 11) is -2.95. The van der Waals surface area contributed by atoms with E-state index in [9.17, 15) is 21.6 Å². The smallest absolute Gasteiger partial charge is 0.475 e. The molecule has 0 saturated carbocycles. The molecule has 0 aromatic rings. The van der Waals surface area contributed by atoms with Crippen LogP contribution in [0.15, 0.2) is 11.5 Å². The third-order valence-corrected chi connectivity index (χ3v) is 1.41. The van der Waals surface area contributed by atoms with E-state index in [1.807, 2.05) is 0 Å². The minimum absolute atomic E-state index is 0.271. The van der Waals surface area contributed by atoms with Crippen LogP contribution in [0.25, 0.3) is 0 Å². The van der Waals surface area contributed by atoms with Gasteiger partial charge >= 0.3 is 12.1 Å². The molecule has 0 aliphatic heterocycles. The molecule has 5 nitrogen and oxygen atoms in total. The van der Waals surface area contributed by atoms with Gasteiger partial charge in [-0.3, -0.25) is 0 Å². The largest absolute Gasteiger partial charge is 0.490 e. The van der Waals surface area contributed by atoms with Gasteiger partial charge in [-0.2, -0.15) is 13.2 Å². The van der Waals surface area contributed by atoms with Gasteiger partial charge in [-0.25, -0.2) is 13.2 Å². The molecule has 0 aromatic heterocycles. The van der Waals surface area contributed by atoms with Gasteiger partial charge in [0.2, 0.25) is 0 Å². The fraction of sp³-hybridized carbons (Fsp3) is 0.500. The fourth-order valence-electron chi connectivity index (χ4n) is 0.230. The summed E-state index contributed by atoms with van der Waals surface area (Å²) >= 11 is 0. The zero-order chi connectivity index (χ0) is 12.7. The molecule has 0 spiro atoms. The molecule has 90 valence electrons. The summed E-state index contributed by atoms with van der Waals surface area (Å²) in [5.41, 5.74) is 4.98. The van der Waals surface area contributed by atoms with Gasteiger partial charge in [0.25, 0.3) is 0 Å². The van der Waals surface area contributed by atoms with Crippen LogP contribution in [0.1, 0.15) is 0 Å². The lowest BCUT2D eigenvalue weighted by atomic mass is 10.7. The molecule has 0 unspecified atom stereocenters. The number of hydrogen-bond acceptors (Lipinski definition) is 4. The molecule has 0 aliphatic rings. The normalized spacial score (nSPS) is 12.1. The van der Waals surface area contributed by atoms with Crippen molar-refractivity contribution in [3.05, 3.63) is 11.5 Å². The van der Waals surface area contributed by atoms with Crippen molar-refractivity contribution in [2.45, 2.75) is 6.18 Å². The third kappa shape index (κ3) is 15.6. The van der Waals surface area contributed by atoms with Crippen molar-refractivity contribution in [1.29, 1.82) is 0 Å². The number of alkyl halides is 3. The maximum Gasteiger partial charge on any atom is 0.490 e. The summed E-state index contributed by atoms with van der Waals surface area (Å²) in [6.45, 7) is 0.271. The Hall–Kier alpha value is -1.09. The van der Waals surface area contributed by atoms with Gasteiger partial charge in [0.05, 0.1) is 0 Å². The molecule has 0 heterocycles. The topological polar surface area (TPSA) is 97.5 Å². The lowest BCUT2D eigenvalue weighted by Crippen LogP contribution is -2.21. The molecule has 3 N–H and O–H groups in total. The van der Waals surface area contributed by atoms with Crippen molar-refractivity contribution in [3.63, 3.8) is 0 Å². The number of sulfone groups is 1. The highest BCUT2D eigenvalue weighted by Crippen LogP contribution is 2.13. The van der Waals surface area contributed by atoms with Crippen LogP contribution >= 0.6 is 0 Å². The Labute approximate surface area is 84.3 Å². The standard InChI is InChI=1S/C4H9NO2S.C2HF3O2/c1-8(6,7)4-2-3-5;3-2(4,5)1(6)7/h2,4H,3,5H2,1H3;(H,6,7). The quantitative estimate of drug-likeness (QED) is 0.725. The first-order valence-corrected chi connectivity index (χ1v) is 5.33. The van der Waals surface area contributed by atoms with Crippen molar-refractivity contribution in [1.82, 2.24) is 0 Å². The van der Waals surface area contributed by atoms with Crippen molar-refractivity contribution in [2.24, 2.45) is 5.73 Å². The van der Waals surface area contributed by atoms with Crippen LogP contribution in [0.4, 0.5) is 13.2 Å². The summed E-state index contributed by atoms with van der Waals surface area (Å²) in [6, 6.07) is 0. The first-order chi connectivity index (χ1) is 6.50. The Morgan fingerprint density at radius 2 is 1.80 bits per heavy atom. The second-order valence-electron chi connectivity index (χ2n) is 2.24. The van der Waals surface area contributed by atoms with Gasteiger partial charge in [-0.1, -0.05) is 6.08 Å². The molecule has 0 bridgehead atoms. The SMILES string of the molecule is CS(=O)(=O)C=CCN.O=C(O)C(F)(F)F. The molecule has 0 radical (unpaired) electrons. The van der Waals surface area contributed by atoms with Crippen molar-refractivity contribution < 1.29 is 31.5 Å². The van der Waals surface area contributed by atoms with E-state index in [1.165, 1.54) is 6.08 Å². The van der Waals surface area contributed by atoms with Crippen molar-refractivity contribution in [3.8, 4) is 0 Å². The Balaban J connectivity index is 0. The second kappa shape index (κ2) is 6.40. The van der Waals surface area contributed by atoms with E-state index in [1.54, 1.807) is 0 Å². The number of carboxylic acids is 1. The molecule has 9 heteroatoms. The van der Waals surface area contributed by atoms with E-state index < -0.39 is 22.0 Å². The van der Waals surface area contributed by atoms with Crippen LogP contribution in [-0.2, 0) is 14.6 Å². The summed E-state index contributed by atoms with van der Waals surface area (Å²) in [5, 5.41) is 8.22. The summed E-state index contributed by atoms with van der Waals surface area (Å²) in [6.07, 6.45) is -2.56. The molecular weight excluding hydrogens is 239 g/mol. The van der Waals surface area contributed by atoms with Crippen LogP contribution in [0.3, 0.4) is 0 Å². The number of carbonyl (C=O) groups is 1. The van der Waals surface area contributed by atoms with E-state index in [-0.39, 0.29) is 6.54 Å². The van der Waals surface area contributed by atoms with Crippen LogP contribution in [0.5, 0.6) is 0 Å². The summed E-state index contributed by atoms with van der Waals surface area (Å²) in [5.74, 6) is -2.76. The van der Waals surface area contributed by atoms with E-state index in [0.717, 1.165) is 11.7 Å². The zero-order valence-corrected chi connectivity index (χ0v) is 8.47. The van der Waals surface area contributed by atoms with Gasteiger partial charge in [0.15, 0.2) is 9.84 Å². The van der Waals surface area contributed by atoms with Crippen LogP contribution in [-0.4, -0.2) is 38.5 Å². The first-order valence-electron chi connectivity index (χ1n) is 3.37. The number of rotatable bonds is 2. The molecule has 15 heavy (non-hydrogen) atoms. The van der Waals surface area contributed by atoms with Crippen LogP contribution < -0.4 is 5.73 Å². The predicted octanol–water partition coefficient (Wildman–Crippen LogP) is 0.137. The number of halogens is 3. The van der Waals surface area contributed by atoms with Gasteiger partial charge in [0, 0.05) is 18.2 Å². The third-order valence-electron chi connectivity index (χ3n) is 0.722. The zero-order valence-electron chi connectivity index (χ0n) is 7.65. The van der Waals surface area contributed by atoms with Crippen LogP contribution in [0, 0.1) is 0 Å². The highest BCUT2D eigenvalue weighted by Gasteiger charge is 2.38. The second-order valence-corrected chi connectivity index (χ2v) is 4.17. The molecule has 0 aromatic carbocycles. The Morgan fingerprint density at radius 1 is 1.47 bits per heavy atom. The monoisotopic (exact) mass is 249 g/mol. The number of aliphatic carboxylic acids is 1. The maximum atomic E-state index is 10.6. The molecule has 0 atom stereocenters. The molecule has 0 fully saturated rings. The average molecular weight is 249 g/mol. The summed E-state index contributed by atoms with van der Waals surface area (Å²) < 4.78 is 52.2. The molecule has 0 amide bonds. The number of nitrogens with two attached hydrogens (primary N) is 1. The molecular formula is C6H10F3NO4S. The van der Waals surface area contributed by atoms with Gasteiger partial charge < -0.3 is 10.8 Å². The van der Waals surface area contributed by atoms with Crippen LogP contribution in [0.2, 0.25) is 0 Å². The predicted molar refractivity (Wildman–Crippen MR) is 46.7 cm³/mol. The van der Waals surface area contributed by atoms with E-state index in [2.05, 4.69) is 0 Å². The minimum Gasteiger partial charge on any atom is -0.475 e. The lowest BCUT2D eigenvalue weighted by molar-refractivity contribution is -0.192. The van der Waals surface area contributed by atoms with Gasteiger partial charge in [-0.05, 0) is 0 Å². The highest BCUT2D eigenvalue weighted by molar-refractivity contribution is 7.93. The number of carboxylic acid groups (broad SMARTS) is 1. The molecule has 0 rings (SSSR count). The highest BCUT2D eigenvalue weighted by atomic mass is 32.2. The minimum atomic E-state index is -5.08. The number of hydrogen-bond donors (Lipinski definition) is 2. The molecule has 0 saturated heterocycles. The van der Waals surface area contributed by atoms with Crippen molar-refractivity contribution in [2.75, 3.05) is 12.8 Å². The van der Waals surface area contributed by atoms with E-state index >= 15 is 0 Å². The van der Waals surface area contributed by atoms with Crippen molar-refractivity contribution >= 4 is 15.8 Å². The maximum absolute atomic E-state index is 10.6. The van der Waals surface area contributed by atoms with Gasteiger partial charge in [0.1, 0.15) is 0 Å². The van der Waals surface area contributed by atoms with Gasteiger partial charge in [-0.15, -0.1) is 0 Å². The van der Waals surface area contributed by atoms with E-state index in [0.29, 0.717) is 0 Å². The average Bonchev–Trinajstić information content (AvgIpc) is 1.98. The molecule has 0 aliphatic carbocycles. The Bertz CT molecular complexity index is 320. The Morgan fingerprint density at radius 3 is 1.87 bits per heavy atom. The fourth-order valence-corrected chi connectivity index (χ4v) is 0.691. The summed E-state index contributed by atoms with van der Waals surface area (Å²) in [4.78, 5) is 8.90.